The Morgan fingerprint density at radius 3 is 2.70 bits per heavy atom. The van der Waals surface area contributed by atoms with Gasteiger partial charge in [0.05, 0.1) is 5.60 Å². The van der Waals surface area contributed by atoms with E-state index in [2.05, 4.69) is 0 Å². The molecule has 0 saturated heterocycles. The van der Waals surface area contributed by atoms with Gasteiger partial charge in [-0.1, -0.05) is 12.1 Å². The third-order valence-electron chi connectivity index (χ3n) is 3.29. The monoisotopic (exact) mass is 333 g/mol. The van der Waals surface area contributed by atoms with Crippen LogP contribution in [0.4, 0.5) is 0 Å². The van der Waals surface area contributed by atoms with Gasteiger partial charge >= 0.3 is 0 Å². The Morgan fingerprint density at radius 1 is 1.30 bits per heavy atom. The van der Waals surface area contributed by atoms with E-state index in [4.69, 9.17) is 4.74 Å². The summed E-state index contributed by atoms with van der Waals surface area (Å²) in [6.45, 7) is 6.63. The molecular formula is C18H23NO3S. The molecule has 0 aliphatic carbocycles. The molecule has 4 nitrogen and oxygen atoms in total. The number of nitrogens with zero attached hydrogens (tertiary/aromatic N) is 1. The second kappa shape index (κ2) is 7.62. The van der Waals surface area contributed by atoms with Gasteiger partial charge in [0.2, 0.25) is 0 Å². The molecule has 0 fully saturated rings. The maximum atomic E-state index is 12.6. The van der Waals surface area contributed by atoms with E-state index in [0.29, 0.717) is 31.0 Å². The zero-order valence-electron chi connectivity index (χ0n) is 13.8. The highest BCUT2D eigenvalue weighted by atomic mass is 32.1. The Morgan fingerprint density at radius 2 is 2.09 bits per heavy atom. The molecule has 0 spiro atoms. The summed E-state index contributed by atoms with van der Waals surface area (Å²) in [4.78, 5) is 15.4. The number of amides is 1. The van der Waals surface area contributed by atoms with Crippen molar-refractivity contribution in [2.24, 2.45) is 0 Å². The van der Waals surface area contributed by atoms with Gasteiger partial charge in [-0.2, -0.15) is 0 Å². The Hall–Kier alpha value is -1.85. The second-order valence-electron chi connectivity index (χ2n) is 6.03. The summed E-state index contributed by atoms with van der Waals surface area (Å²) in [7, 11) is 0. The van der Waals surface area contributed by atoms with Gasteiger partial charge in [0.15, 0.2) is 0 Å². The summed E-state index contributed by atoms with van der Waals surface area (Å²) < 4.78 is 5.75. The van der Waals surface area contributed by atoms with Crippen LogP contribution in [-0.2, 0) is 6.61 Å². The number of thiophene rings is 1. The first kappa shape index (κ1) is 17.5. The summed E-state index contributed by atoms with van der Waals surface area (Å²) in [5.74, 6) is 0.569. The van der Waals surface area contributed by atoms with Crippen molar-refractivity contribution in [2.45, 2.75) is 33.0 Å². The lowest BCUT2D eigenvalue weighted by Gasteiger charge is -2.28. The number of ether oxygens (including phenoxy) is 1. The first-order valence-corrected chi connectivity index (χ1v) is 8.54. The number of benzene rings is 1. The Balaban J connectivity index is 2.06. The molecule has 0 aliphatic heterocycles. The van der Waals surface area contributed by atoms with Gasteiger partial charge in [0.1, 0.15) is 12.4 Å². The predicted octanol–water partition coefficient (Wildman–Crippen LogP) is 3.56. The van der Waals surface area contributed by atoms with E-state index in [-0.39, 0.29) is 5.91 Å². The van der Waals surface area contributed by atoms with Gasteiger partial charge in [-0.25, -0.2) is 0 Å². The van der Waals surface area contributed by atoms with Crippen LogP contribution in [0.2, 0.25) is 0 Å². The Bertz CT molecular complexity index is 632. The van der Waals surface area contributed by atoms with Crippen molar-refractivity contribution in [3.05, 3.63) is 52.2 Å². The van der Waals surface area contributed by atoms with Crippen molar-refractivity contribution in [1.82, 2.24) is 4.90 Å². The van der Waals surface area contributed by atoms with Crippen molar-refractivity contribution in [3.63, 3.8) is 0 Å². The van der Waals surface area contributed by atoms with Gasteiger partial charge in [-0.15, -0.1) is 11.3 Å². The van der Waals surface area contributed by atoms with Crippen LogP contribution in [0.3, 0.4) is 0 Å². The predicted molar refractivity (Wildman–Crippen MR) is 93.0 cm³/mol. The molecule has 5 heteroatoms. The van der Waals surface area contributed by atoms with E-state index in [1.165, 1.54) is 0 Å². The first-order chi connectivity index (χ1) is 10.9. The molecule has 0 aliphatic rings. The van der Waals surface area contributed by atoms with Crippen LogP contribution < -0.4 is 4.74 Å². The first-order valence-electron chi connectivity index (χ1n) is 7.66. The van der Waals surface area contributed by atoms with Crippen molar-refractivity contribution in [3.8, 4) is 5.75 Å². The average molecular weight is 333 g/mol. The fraction of sp³-hybridized carbons (Fsp3) is 0.389. The maximum absolute atomic E-state index is 12.6. The highest BCUT2D eigenvalue weighted by molar-refractivity contribution is 7.09. The van der Waals surface area contributed by atoms with E-state index in [1.807, 2.05) is 36.6 Å². The highest BCUT2D eigenvalue weighted by Crippen LogP contribution is 2.19. The highest BCUT2D eigenvalue weighted by Gasteiger charge is 2.22. The van der Waals surface area contributed by atoms with E-state index in [9.17, 15) is 9.90 Å². The molecule has 2 aromatic rings. The zero-order chi connectivity index (χ0) is 16.9. The number of carbonyl (C=O) groups excluding carboxylic acids is 1. The molecule has 124 valence electrons. The number of hydrogen-bond donors (Lipinski definition) is 1. The Kier molecular flexibility index (Phi) is 5.80. The molecule has 23 heavy (non-hydrogen) atoms. The lowest BCUT2D eigenvalue weighted by atomic mass is 10.1. The number of likely N-dealkylation sites (N-methyl/N-ethyl adjacent to an activating group) is 1. The van der Waals surface area contributed by atoms with Crippen LogP contribution in [0.25, 0.3) is 0 Å². The molecule has 0 unspecified atom stereocenters. The van der Waals surface area contributed by atoms with Gasteiger partial charge in [0, 0.05) is 23.5 Å². The number of aliphatic hydroxyl groups is 1. The molecule has 0 radical (unpaired) electrons. The lowest BCUT2D eigenvalue weighted by Crippen LogP contribution is -2.42. The van der Waals surface area contributed by atoms with Gasteiger partial charge in [-0.3, -0.25) is 4.79 Å². The molecule has 1 heterocycles. The molecule has 1 N–H and O–H groups in total. The summed E-state index contributed by atoms with van der Waals surface area (Å²) >= 11 is 1.64. The second-order valence-corrected chi connectivity index (χ2v) is 7.06. The van der Waals surface area contributed by atoms with Crippen LogP contribution in [0, 0.1) is 0 Å². The van der Waals surface area contributed by atoms with Gasteiger partial charge < -0.3 is 14.7 Å². The summed E-state index contributed by atoms with van der Waals surface area (Å²) in [6, 6.07) is 11.2. The summed E-state index contributed by atoms with van der Waals surface area (Å²) in [5.41, 5.74) is -0.348. The topological polar surface area (TPSA) is 49.8 Å². The fourth-order valence-electron chi connectivity index (χ4n) is 2.24. The van der Waals surface area contributed by atoms with E-state index in [1.54, 1.807) is 42.2 Å². The smallest absolute Gasteiger partial charge is 0.254 e. The molecule has 0 atom stereocenters. The Labute approximate surface area is 141 Å². The standard InChI is InChI=1S/C18H23NO3S/c1-4-19(13-18(2,3)21)17(20)14-7-5-8-15(11-14)22-12-16-9-6-10-23-16/h5-11,21H,4,12-13H2,1-3H3. The number of rotatable bonds is 7. The number of hydrogen-bond acceptors (Lipinski definition) is 4. The van der Waals surface area contributed by atoms with E-state index < -0.39 is 5.60 Å². The van der Waals surface area contributed by atoms with Crippen LogP contribution >= 0.6 is 11.3 Å². The fourth-order valence-corrected chi connectivity index (χ4v) is 2.86. The summed E-state index contributed by atoms with van der Waals surface area (Å²) in [6.07, 6.45) is 0. The maximum Gasteiger partial charge on any atom is 0.254 e. The molecule has 1 aromatic heterocycles. The minimum absolute atomic E-state index is 0.101. The molecule has 0 bridgehead atoms. The van der Waals surface area contributed by atoms with Gasteiger partial charge in [0.25, 0.3) is 5.91 Å². The van der Waals surface area contributed by atoms with E-state index in [0.717, 1.165) is 4.88 Å². The molecule has 2 rings (SSSR count). The number of carbonyl (C=O) groups is 1. The normalized spacial score (nSPS) is 11.3. The van der Waals surface area contributed by atoms with Crippen molar-refractivity contribution >= 4 is 17.2 Å². The molecular weight excluding hydrogens is 310 g/mol. The average Bonchev–Trinajstić information content (AvgIpc) is 3.03. The van der Waals surface area contributed by atoms with Crippen molar-refractivity contribution in [1.29, 1.82) is 0 Å². The molecule has 1 amide bonds. The lowest BCUT2D eigenvalue weighted by molar-refractivity contribution is 0.0314. The molecule has 1 aromatic carbocycles. The zero-order valence-corrected chi connectivity index (χ0v) is 14.6. The van der Waals surface area contributed by atoms with E-state index >= 15 is 0 Å². The van der Waals surface area contributed by atoms with Crippen molar-refractivity contribution in [2.75, 3.05) is 13.1 Å². The van der Waals surface area contributed by atoms with Crippen LogP contribution in [0.5, 0.6) is 5.75 Å². The minimum Gasteiger partial charge on any atom is -0.488 e. The third-order valence-corrected chi connectivity index (χ3v) is 4.14. The largest absolute Gasteiger partial charge is 0.488 e. The van der Waals surface area contributed by atoms with Crippen LogP contribution in [0.1, 0.15) is 36.0 Å². The summed E-state index contributed by atoms with van der Waals surface area (Å²) in [5, 5.41) is 12.0. The quantitative estimate of drug-likeness (QED) is 0.843. The SMILES string of the molecule is CCN(CC(C)(C)O)C(=O)c1cccc(OCc2cccs2)c1. The van der Waals surface area contributed by atoms with Crippen molar-refractivity contribution < 1.29 is 14.6 Å². The molecule has 0 saturated carbocycles. The van der Waals surface area contributed by atoms with Gasteiger partial charge in [-0.05, 0) is 50.4 Å². The minimum atomic E-state index is -0.918. The van der Waals surface area contributed by atoms with Crippen LogP contribution in [0.15, 0.2) is 41.8 Å². The third kappa shape index (κ3) is 5.37. The van der Waals surface area contributed by atoms with Crippen LogP contribution in [-0.4, -0.2) is 34.6 Å².